The highest BCUT2D eigenvalue weighted by Gasteiger charge is 2.34. The minimum Gasteiger partial charge on any atom is -0.373 e. The van der Waals surface area contributed by atoms with Crippen molar-refractivity contribution in [3.05, 3.63) is 17.0 Å². The summed E-state index contributed by atoms with van der Waals surface area (Å²) in [7, 11) is 1.97. The maximum Gasteiger partial charge on any atom is 0.239 e. The van der Waals surface area contributed by atoms with Gasteiger partial charge < -0.3 is 15.0 Å². The molecule has 3 atom stereocenters. The van der Waals surface area contributed by atoms with E-state index < -0.39 is 0 Å². The van der Waals surface area contributed by atoms with Gasteiger partial charge in [0.15, 0.2) is 0 Å². The van der Waals surface area contributed by atoms with Gasteiger partial charge in [-0.15, -0.1) is 0 Å². The summed E-state index contributed by atoms with van der Waals surface area (Å²) in [5.74, 6) is 0.544. The van der Waals surface area contributed by atoms with Crippen molar-refractivity contribution < 1.29 is 9.53 Å². The van der Waals surface area contributed by atoms with Crippen molar-refractivity contribution in [2.75, 3.05) is 26.2 Å². The fraction of sp³-hybridized carbons (Fsp3) is 0.778. The molecule has 1 saturated heterocycles. The number of likely N-dealkylation sites (N-methyl/N-ethyl adjacent to an activating group) is 1. The van der Waals surface area contributed by atoms with E-state index in [0.717, 1.165) is 44.0 Å². The van der Waals surface area contributed by atoms with Crippen LogP contribution in [0.1, 0.15) is 50.2 Å². The van der Waals surface area contributed by atoms with Gasteiger partial charge >= 0.3 is 0 Å². The smallest absolute Gasteiger partial charge is 0.239 e. The molecule has 2 rings (SSSR count). The summed E-state index contributed by atoms with van der Waals surface area (Å²) in [6, 6.07) is -0.165. The third kappa shape index (κ3) is 3.81. The molecule has 136 valence electrons. The SMILES string of the molecule is CCN(CC)C(=O)C(C)NCC1CCOC1c1c(C)nn(C)c1C. The molecular weight excluding hydrogens is 304 g/mol. The van der Waals surface area contributed by atoms with E-state index in [1.807, 2.05) is 44.3 Å². The normalized spacial score (nSPS) is 21.9. The number of ether oxygens (including phenoxy) is 1. The number of carbonyl (C=O) groups is 1. The van der Waals surface area contributed by atoms with E-state index in [2.05, 4.69) is 17.3 Å². The van der Waals surface area contributed by atoms with Crippen molar-refractivity contribution >= 4 is 5.91 Å². The molecule has 2 heterocycles. The van der Waals surface area contributed by atoms with Gasteiger partial charge in [0.1, 0.15) is 0 Å². The summed E-state index contributed by atoms with van der Waals surface area (Å²) < 4.78 is 7.94. The van der Waals surface area contributed by atoms with E-state index in [4.69, 9.17) is 4.74 Å². The number of nitrogens with one attached hydrogen (secondary N) is 1. The van der Waals surface area contributed by atoms with Crippen LogP contribution in [0.15, 0.2) is 0 Å². The van der Waals surface area contributed by atoms with Gasteiger partial charge in [-0.05, 0) is 41.0 Å². The van der Waals surface area contributed by atoms with Crippen LogP contribution < -0.4 is 5.32 Å². The Bertz CT molecular complexity index is 566. The molecule has 0 spiro atoms. The van der Waals surface area contributed by atoms with Crippen molar-refractivity contribution in [2.45, 2.75) is 53.2 Å². The molecule has 0 bridgehead atoms. The first-order valence-electron chi connectivity index (χ1n) is 9.04. The van der Waals surface area contributed by atoms with Gasteiger partial charge in [0.2, 0.25) is 5.91 Å². The average molecular weight is 336 g/mol. The van der Waals surface area contributed by atoms with Crippen LogP contribution in [-0.4, -0.2) is 52.9 Å². The highest BCUT2D eigenvalue weighted by molar-refractivity contribution is 5.81. The summed E-state index contributed by atoms with van der Waals surface area (Å²) in [4.78, 5) is 14.3. The fourth-order valence-corrected chi connectivity index (χ4v) is 3.59. The highest BCUT2D eigenvalue weighted by atomic mass is 16.5. The fourth-order valence-electron chi connectivity index (χ4n) is 3.59. The molecular formula is C18H32N4O2. The van der Waals surface area contributed by atoms with Crippen molar-refractivity contribution in [2.24, 2.45) is 13.0 Å². The number of hydrogen-bond donors (Lipinski definition) is 1. The first kappa shape index (κ1) is 18.9. The Balaban J connectivity index is 2.00. The van der Waals surface area contributed by atoms with E-state index in [-0.39, 0.29) is 18.1 Å². The molecule has 1 aromatic heterocycles. The van der Waals surface area contributed by atoms with E-state index in [1.165, 1.54) is 5.56 Å². The molecule has 6 heteroatoms. The number of rotatable bonds is 7. The van der Waals surface area contributed by atoms with E-state index in [0.29, 0.717) is 5.92 Å². The first-order valence-corrected chi connectivity index (χ1v) is 9.04. The zero-order chi connectivity index (χ0) is 17.9. The predicted molar refractivity (Wildman–Crippen MR) is 94.9 cm³/mol. The van der Waals surface area contributed by atoms with Gasteiger partial charge in [0.25, 0.3) is 0 Å². The molecule has 0 radical (unpaired) electrons. The van der Waals surface area contributed by atoms with Gasteiger partial charge in [-0.2, -0.15) is 5.10 Å². The summed E-state index contributed by atoms with van der Waals surface area (Å²) in [5.41, 5.74) is 3.42. The lowest BCUT2D eigenvalue weighted by atomic mass is 9.93. The number of aryl methyl sites for hydroxylation is 2. The van der Waals surface area contributed by atoms with Crippen LogP contribution >= 0.6 is 0 Å². The zero-order valence-electron chi connectivity index (χ0n) is 15.9. The Morgan fingerprint density at radius 3 is 2.62 bits per heavy atom. The van der Waals surface area contributed by atoms with Crippen LogP contribution in [0.3, 0.4) is 0 Å². The largest absolute Gasteiger partial charge is 0.373 e. The lowest BCUT2D eigenvalue weighted by molar-refractivity contribution is -0.132. The van der Waals surface area contributed by atoms with Crippen LogP contribution in [0.5, 0.6) is 0 Å². The number of nitrogens with zero attached hydrogens (tertiary/aromatic N) is 3. The predicted octanol–water partition coefficient (Wildman–Crippen LogP) is 1.96. The van der Waals surface area contributed by atoms with Crippen molar-refractivity contribution in [1.82, 2.24) is 20.0 Å². The van der Waals surface area contributed by atoms with Crippen LogP contribution in [0.25, 0.3) is 0 Å². The molecule has 1 N–H and O–H groups in total. The molecule has 0 aromatic carbocycles. The molecule has 1 aliphatic heterocycles. The van der Waals surface area contributed by atoms with E-state index in [1.54, 1.807) is 0 Å². The molecule has 24 heavy (non-hydrogen) atoms. The van der Waals surface area contributed by atoms with Crippen LogP contribution in [-0.2, 0) is 16.6 Å². The molecule has 1 amide bonds. The molecule has 3 unspecified atom stereocenters. The van der Waals surface area contributed by atoms with E-state index >= 15 is 0 Å². The van der Waals surface area contributed by atoms with Crippen LogP contribution in [0.4, 0.5) is 0 Å². The number of carbonyl (C=O) groups excluding carboxylic acids is 1. The molecule has 1 fully saturated rings. The first-order chi connectivity index (χ1) is 11.4. The van der Waals surface area contributed by atoms with Crippen molar-refractivity contribution in [3.8, 4) is 0 Å². The second-order valence-electron chi connectivity index (χ2n) is 6.69. The molecule has 1 aromatic rings. The van der Waals surface area contributed by atoms with Crippen LogP contribution in [0, 0.1) is 19.8 Å². The third-order valence-electron chi connectivity index (χ3n) is 5.20. The number of amides is 1. The Labute approximate surface area is 145 Å². The summed E-state index contributed by atoms with van der Waals surface area (Å²) in [5, 5.41) is 7.93. The third-order valence-corrected chi connectivity index (χ3v) is 5.20. The van der Waals surface area contributed by atoms with Gasteiger partial charge in [-0.1, -0.05) is 0 Å². The highest BCUT2D eigenvalue weighted by Crippen LogP contribution is 2.37. The summed E-state index contributed by atoms with van der Waals surface area (Å²) in [6.45, 7) is 13.2. The van der Waals surface area contributed by atoms with Crippen molar-refractivity contribution in [1.29, 1.82) is 0 Å². The molecule has 0 aliphatic carbocycles. The Hall–Kier alpha value is -1.40. The monoisotopic (exact) mass is 336 g/mol. The number of hydrogen-bond acceptors (Lipinski definition) is 4. The van der Waals surface area contributed by atoms with Crippen molar-refractivity contribution in [3.63, 3.8) is 0 Å². The zero-order valence-corrected chi connectivity index (χ0v) is 15.9. The standard InChI is InChI=1S/C18H32N4O2/c1-7-22(8-2)18(23)13(4)19-11-15-9-10-24-17(15)16-12(3)20-21(6)14(16)5/h13,15,17,19H,7-11H2,1-6H3. The maximum absolute atomic E-state index is 12.4. The Morgan fingerprint density at radius 1 is 1.42 bits per heavy atom. The number of aromatic nitrogens is 2. The Kier molecular flexibility index (Phi) is 6.40. The quantitative estimate of drug-likeness (QED) is 0.827. The second kappa shape index (κ2) is 8.12. The minimum atomic E-state index is -0.165. The maximum atomic E-state index is 12.4. The minimum absolute atomic E-state index is 0.0713. The van der Waals surface area contributed by atoms with Crippen LogP contribution in [0.2, 0.25) is 0 Å². The summed E-state index contributed by atoms with van der Waals surface area (Å²) in [6.07, 6.45) is 1.08. The average Bonchev–Trinajstić information content (AvgIpc) is 3.10. The van der Waals surface area contributed by atoms with Gasteiger partial charge in [0.05, 0.1) is 17.8 Å². The topological polar surface area (TPSA) is 59.4 Å². The molecule has 1 aliphatic rings. The van der Waals surface area contributed by atoms with E-state index in [9.17, 15) is 4.79 Å². The Morgan fingerprint density at radius 2 is 2.08 bits per heavy atom. The second-order valence-corrected chi connectivity index (χ2v) is 6.69. The van der Waals surface area contributed by atoms with Gasteiger partial charge in [-0.25, -0.2) is 0 Å². The molecule has 6 nitrogen and oxygen atoms in total. The lowest BCUT2D eigenvalue weighted by Gasteiger charge is -2.26. The summed E-state index contributed by atoms with van der Waals surface area (Å²) >= 11 is 0. The lowest BCUT2D eigenvalue weighted by Crippen LogP contribution is -2.46. The van der Waals surface area contributed by atoms with Gasteiger partial charge in [0, 0.05) is 50.5 Å². The molecule has 0 saturated carbocycles. The van der Waals surface area contributed by atoms with Gasteiger partial charge in [-0.3, -0.25) is 9.48 Å².